The van der Waals surface area contributed by atoms with Gasteiger partial charge in [-0.25, -0.2) is 0 Å². The van der Waals surface area contributed by atoms with E-state index in [0.29, 0.717) is 35.8 Å². The van der Waals surface area contributed by atoms with E-state index in [1.54, 1.807) is 31.2 Å². The summed E-state index contributed by atoms with van der Waals surface area (Å²) in [5.41, 5.74) is 10.1. The van der Waals surface area contributed by atoms with Crippen molar-refractivity contribution in [1.82, 2.24) is 4.90 Å². The average Bonchev–Trinajstić information content (AvgIpc) is 2.77. The van der Waals surface area contributed by atoms with Gasteiger partial charge in [0, 0.05) is 29.9 Å². The van der Waals surface area contributed by atoms with Crippen LogP contribution in [0, 0.1) is 12.3 Å². The highest BCUT2D eigenvalue weighted by molar-refractivity contribution is 6.05. The maximum Gasteiger partial charge on any atom is 0.320 e. The van der Waals surface area contributed by atoms with E-state index in [0.717, 1.165) is 18.5 Å². The van der Waals surface area contributed by atoms with Crippen molar-refractivity contribution in [1.29, 1.82) is 0 Å². The Labute approximate surface area is 182 Å². The van der Waals surface area contributed by atoms with Crippen molar-refractivity contribution in [2.75, 3.05) is 31.6 Å². The molecule has 0 unspecified atom stereocenters. The third kappa shape index (κ3) is 5.93. The van der Waals surface area contributed by atoms with E-state index in [-0.39, 0.29) is 25.0 Å². The minimum absolute atomic E-state index is 0.212. The number of esters is 1. The summed E-state index contributed by atoms with van der Waals surface area (Å²) in [4.78, 5) is 30.5. The largest absolute Gasteiger partial charge is 0.465 e. The monoisotopic (exact) mass is 418 g/mol. The summed E-state index contributed by atoms with van der Waals surface area (Å²) in [6, 6.07) is 12.8. The standard InChI is InChI=1S/C24H26N4O3/c1-3-12-26-23(25)18-5-7-19(8-6-18)24(30)27-21-10-9-17-11-13-28(15-20(17)14-21)16-22(29)31-4-2/h1,5-10,14H,4,11-13,15-16H2,2H3,(H2,25,26)(H,27,30). The van der Waals surface area contributed by atoms with Crippen LogP contribution in [0.3, 0.4) is 0 Å². The van der Waals surface area contributed by atoms with Crippen LogP contribution < -0.4 is 11.1 Å². The van der Waals surface area contributed by atoms with Crippen LogP contribution in [-0.4, -0.2) is 48.9 Å². The van der Waals surface area contributed by atoms with E-state index < -0.39 is 0 Å². The van der Waals surface area contributed by atoms with Crippen LogP contribution in [0.5, 0.6) is 0 Å². The fourth-order valence-corrected chi connectivity index (χ4v) is 3.44. The van der Waals surface area contributed by atoms with Crippen molar-refractivity contribution in [2.45, 2.75) is 19.9 Å². The SMILES string of the molecule is C#CCN=C(N)c1ccc(C(=O)Nc2ccc3c(c2)CN(CC(=O)OCC)CC3)cc1. The first-order valence-electron chi connectivity index (χ1n) is 10.1. The van der Waals surface area contributed by atoms with E-state index in [4.69, 9.17) is 16.9 Å². The highest BCUT2D eigenvalue weighted by Gasteiger charge is 2.19. The normalized spacial score (nSPS) is 13.7. The number of nitrogens with two attached hydrogens (primary N) is 1. The smallest absolute Gasteiger partial charge is 0.320 e. The molecule has 2 aromatic carbocycles. The number of fused-ring (bicyclic) bond motifs is 1. The molecule has 7 nitrogen and oxygen atoms in total. The van der Waals surface area contributed by atoms with Gasteiger partial charge in [-0.2, -0.15) is 0 Å². The zero-order valence-corrected chi connectivity index (χ0v) is 17.6. The molecule has 31 heavy (non-hydrogen) atoms. The van der Waals surface area contributed by atoms with Crippen molar-refractivity contribution in [2.24, 2.45) is 10.7 Å². The van der Waals surface area contributed by atoms with Gasteiger partial charge in [-0.15, -0.1) is 6.42 Å². The summed E-state index contributed by atoms with van der Waals surface area (Å²) in [6.07, 6.45) is 6.04. The van der Waals surface area contributed by atoms with Crippen molar-refractivity contribution < 1.29 is 14.3 Å². The molecule has 0 spiro atoms. The van der Waals surface area contributed by atoms with Crippen LogP contribution in [0.25, 0.3) is 0 Å². The molecule has 1 aliphatic heterocycles. The van der Waals surface area contributed by atoms with E-state index in [1.807, 2.05) is 18.2 Å². The van der Waals surface area contributed by atoms with Crippen molar-refractivity contribution >= 4 is 23.4 Å². The zero-order chi connectivity index (χ0) is 22.2. The summed E-state index contributed by atoms with van der Waals surface area (Å²) in [7, 11) is 0. The second kappa shape index (κ2) is 10.4. The molecule has 160 valence electrons. The third-order valence-electron chi connectivity index (χ3n) is 5.00. The molecule has 0 bridgehead atoms. The van der Waals surface area contributed by atoms with Crippen LogP contribution in [0.2, 0.25) is 0 Å². The number of aliphatic imine (C=N–C) groups is 1. The zero-order valence-electron chi connectivity index (χ0n) is 17.6. The van der Waals surface area contributed by atoms with Gasteiger partial charge in [0.15, 0.2) is 0 Å². The predicted molar refractivity (Wildman–Crippen MR) is 121 cm³/mol. The Morgan fingerprint density at radius 3 is 2.65 bits per heavy atom. The summed E-state index contributed by atoms with van der Waals surface area (Å²) >= 11 is 0. The molecule has 3 rings (SSSR count). The Hall–Kier alpha value is -3.63. The average molecular weight is 418 g/mol. The molecule has 0 atom stereocenters. The number of amides is 1. The van der Waals surface area contributed by atoms with Gasteiger partial charge in [0.2, 0.25) is 0 Å². The Kier molecular flexibility index (Phi) is 7.41. The maximum absolute atomic E-state index is 12.6. The Morgan fingerprint density at radius 1 is 1.19 bits per heavy atom. The van der Waals surface area contributed by atoms with E-state index in [1.165, 1.54) is 5.56 Å². The molecule has 0 aromatic heterocycles. The number of amidine groups is 1. The first-order valence-corrected chi connectivity index (χ1v) is 10.1. The molecule has 0 fully saturated rings. The molecule has 0 saturated carbocycles. The molecule has 0 saturated heterocycles. The van der Waals surface area contributed by atoms with Gasteiger partial charge in [-0.05, 0) is 48.7 Å². The molecule has 0 radical (unpaired) electrons. The van der Waals surface area contributed by atoms with Crippen LogP contribution in [-0.2, 0) is 22.5 Å². The van der Waals surface area contributed by atoms with Crippen molar-refractivity contribution in [3.05, 3.63) is 64.7 Å². The second-order valence-corrected chi connectivity index (χ2v) is 7.19. The number of terminal acetylenes is 1. The van der Waals surface area contributed by atoms with Gasteiger partial charge in [0.1, 0.15) is 12.4 Å². The van der Waals surface area contributed by atoms with Crippen LogP contribution in [0.4, 0.5) is 5.69 Å². The van der Waals surface area contributed by atoms with Gasteiger partial charge in [-0.1, -0.05) is 24.1 Å². The number of nitrogens with one attached hydrogen (secondary N) is 1. The lowest BCUT2D eigenvalue weighted by molar-refractivity contribution is -0.144. The third-order valence-corrected chi connectivity index (χ3v) is 5.00. The fraction of sp³-hybridized carbons (Fsp3) is 0.292. The highest BCUT2D eigenvalue weighted by atomic mass is 16.5. The van der Waals surface area contributed by atoms with E-state index in [2.05, 4.69) is 21.1 Å². The number of carbonyl (C=O) groups is 2. The number of anilines is 1. The molecule has 1 amide bonds. The predicted octanol–water partition coefficient (Wildman–Crippen LogP) is 2.20. The van der Waals surface area contributed by atoms with Crippen LogP contribution in [0.15, 0.2) is 47.5 Å². The number of nitrogens with zero attached hydrogens (tertiary/aromatic N) is 2. The minimum atomic E-state index is -0.219. The topological polar surface area (TPSA) is 97.0 Å². The van der Waals surface area contributed by atoms with Gasteiger partial charge >= 0.3 is 5.97 Å². The highest BCUT2D eigenvalue weighted by Crippen LogP contribution is 2.23. The Balaban J connectivity index is 1.65. The molecule has 0 aliphatic carbocycles. The minimum Gasteiger partial charge on any atom is -0.465 e. The lowest BCUT2D eigenvalue weighted by atomic mass is 9.99. The van der Waals surface area contributed by atoms with Crippen molar-refractivity contribution in [3.8, 4) is 12.3 Å². The number of hydrogen-bond donors (Lipinski definition) is 2. The quantitative estimate of drug-likeness (QED) is 0.311. The number of hydrogen-bond acceptors (Lipinski definition) is 5. The van der Waals surface area contributed by atoms with Gasteiger partial charge < -0.3 is 15.8 Å². The Bertz CT molecular complexity index is 1020. The van der Waals surface area contributed by atoms with E-state index in [9.17, 15) is 9.59 Å². The number of rotatable bonds is 7. The molecule has 7 heteroatoms. The molecule has 2 aromatic rings. The molecule has 3 N–H and O–H groups in total. The van der Waals surface area contributed by atoms with Crippen molar-refractivity contribution in [3.63, 3.8) is 0 Å². The summed E-state index contributed by atoms with van der Waals surface area (Å²) in [5, 5.41) is 2.93. The first-order chi connectivity index (χ1) is 15.0. The maximum atomic E-state index is 12.6. The van der Waals surface area contributed by atoms with Crippen LogP contribution in [0.1, 0.15) is 34.0 Å². The number of carbonyl (C=O) groups excluding carboxylic acids is 2. The summed E-state index contributed by atoms with van der Waals surface area (Å²) < 4.78 is 5.04. The first kappa shape index (κ1) is 22.1. The van der Waals surface area contributed by atoms with Gasteiger partial charge in [-0.3, -0.25) is 19.5 Å². The molecular weight excluding hydrogens is 392 g/mol. The second-order valence-electron chi connectivity index (χ2n) is 7.19. The Morgan fingerprint density at radius 2 is 1.94 bits per heavy atom. The lowest BCUT2D eigenvalue weighted by Crippen LogP contribution is -2.35. The summed E-state index contributed by atoms with van der Waals surface area (Å²) in [6.45, 7) is 4.10. The number of benzene rings is 2. The van der Waals surface area contributed by atoms with E-state index >= 15 is 0 Å². The van der Waals surface area contributed by atoms with Crippen LogP contribution >= 0.6 is 0 Å². The fourth-order valence-electron chi connectivity index (χ4n) is 3.44. The molecule has 1 aliphatic rings. The molecular formula is C24H26N4O3. The molecule has 1 heterocycles. The van der Waals surface area contributed by atoms with Gasteiger partial charge in [0.05, 0.1) is 13.2 Å². The summed E-state index contributed by atoms with van der Waals surface area (Å²) in [5.74, 6) is 2.31. The van der Waals surface area contributed by atoms with Gasteiger partial charge in [0.25, 0.3) is 5.91 Å². The number of ether oxygens (including phenoxy) is 1. The lowest BCUT2D eigenvalue weighted by Gasteiger charge is -2.28.